The maximum Gasteiger partial charge on any atom is 0.326 e. The lowest BCUT2D eigenvalue weighted by atomic mass is 9.73. The molecule has 1 fully saturated rings. The van der Waals surface area contributed by atoms with Crippen LogP contribution in [0.4, 0.5) is 0 Å². The Morgan fingerprint density at radius 1 is 0.727 bits per heavy atom. The number of esters is 2. The molecule has 0 unspecified atom stereocenters. The third-order valence-corrected chi connectivity index (χ3v) is 4.41. The molecule has 0 N–H and O–H groups in total. The van der Waals surface area contributed by atoms with Gasteiger partial charge in [0.2, 0.25) is 0 Å². The second kappa shape index (κ2) is 6.59. The van der Waals surface area contributed by atoms with Gasteiger partial charge in [-0.15, -0.1) is 0 Å². The van der Waals surface area contributed by atoms with Crippen LogP contribution in [-0.4, -0.2) is 17.7 Å². The second-order valence-corrected chi connectivity index (χ2v) is 8.09. The van der Waals surface area contributed by atoms with Gasteiger partial charge in [0.25, 0.3) is 5.79 Å². The van der Waals surface area contributed by atoms with Crippen molar-refractivity contribution in [1.82, 2.24) is 0 Å². The van der Waals surface area contributed by atoms with E-state index in [1.54, 1.807) is 0 Å². The van der Waals surface area contributed by atoms with E-state index in [1.807, 2.05) is 55.4 Å². The fourth-order valence-corrected chi connectivity index (χ4v) is 3.54. The molecule has 0 aromatic rings. The van der Waals surface area contributed by atoms with Crippen molar-refractivity contribution in [3.05, 3.63) is 0 Å². The first-order valence-corrected chi connectivity index (χ1v) is 8.44. The molecule has 0 aromatic heterocycles. The molecule has 0 spiro atoms. The SMILES string of the molecule is CC(C)CC1(CC(C)C)C(=O)OC(C(C)C)(C(C)C)OC1=O. The fraction of sp³-hybridized carbons (Fsp3) is 0.889. The molecule has 0 aliphatic carbocycles. The van der Waals surface area contributed by atoms with Gasteiger partial charge in [0.15, 0.2) is 5.41 Å². The lowest BCUT2D eigenvalue weighted by Gasteiger charge is -2.48. The molecule has 4 nitrogen and oxygen atoms in total. The number of hydrogen-bond acceptors (Lipinski definition) is 4. The Bertz CT molecular complexity index is 381. The van der Waals surface area contributed by atoms with Gasteiger partial charge in [0.05, 0.1) is 0 Å². The molecule has 1 heterocycles. The van der Waals surface area contributed by atoms with E-state index in [-0.39, 0.29) is 23.7 Å². The first-order valence-electron chi connectivity index (χ1n) is 8.44. The van der Waals surface area contributed by atoms with Gasteiger partial charge in [-0.05, 0) is 24.7 Å². The van der Waals surface area contributed by atoms with E-state index in [0.717, 1.165) is 0 Å². The Hall–Kier alpha value is -1.06. The van der Waals surface area contributed by atoms with Gasteiger partial charge in [-0.25, -0.2) is 0 Å². The molecule has 1 aliphatic rings. The van der Waals surface area contributed by atoms with Gasteiger partial charge in [-0.1, -0.05) is 55.4 Å². The first kappa shape index (κ1) is 19.0. The summed E-state index contributed by atoms with van der Waals surface area (Å²) in [6, 6.07) is 0. The zero-order chi connectivity index (χ0) is 17.3. The summed E-state index contributed by atoms with van der Waals surface area (Å²) >= 11 is 0. The van der Waals surface area contributed by atoms with Crippen LogP contribution in [0.25, 0.3) is 0 Å². The Morgan fingerprint density at radius 3 is 1.27 bits per heavy atom. The summed E-state index contributed by atoms with van der Waals surface area (Å²) in [4.78, 5) is 25.8. The van der Waals surface area contributed by atoms with Crippen LogP contribution in [0.2, 0.25) is 0 Å². The Labute approximate surface area is 134 Å². The molecule has 4 heteroatoms. The van der Waals surface area contributed by atoms with Gasteiger partial charge < -0.3 is 9.47 Å². The highest BCUT2D eigenvalue weighted by molar-refractivity contribution is 6.01. The highest BCUT2D eigenvalue weighted by Gasteiger charge is 2.60. The van der Waals surface area contributed by atoms with Crippen molar-refractivity contribution in [3.8, 4) is 0 Å². The van der Waals surface area contributed by atoms with Crippen molar-refractivity contribution >= 4 is 11.9 Å². The summed E-state index contributed by atoms with van der Waals surface area (Å²) < 4.78 is 11.6. The zero-order valence-corrected chi connectivity index (χ0v) is 15.4. The van der Waals surface area contributed by atoms with Crippen molar-refractivity contribution in [2.75, 3.05) is 0 Å². The highest BCUT2D eigenvalue weighted by Crippen LogP contribution is 2.46. The fourth-order valence-electron chi connectivity index (χ4n) is 3.54. The van der Waals surface area contributed by atoms with Crippen LogP contribution in [0, 0.1) is 29.1 Å². The molecule has 0 radical (unpaired) electrons. The summed E-state index contributed by atoms with van der Waals surface area (Å²) in [6.07, 6.45) is 0.935. The highest BCUT2D eigenvalue weighted by atomic mass is 16.7. The van der Waals surface area contributed by atoms with Crippen LogP contribution in [0.3, 0.4) is 0 Å². The second-order valence-electron chi connectivity index (χ2n) is 8.09. The molecule has 0 aromatic carbocycles. The number of cyclic esters (lactones) is 2. The van der Waals surface area contributed by atoms with E-state index in [0.29, 0.717) is 12.8 Å². The first-order chi connectivity index (χ1) is 9.98. The molecule has 128 valence electrons. The van der Waals surface area contributed by atoms with Gasteiger partial charge in [0, 0.05) is 11.8 Å². The summed E-state index contributed by atoms with van der Waals surface area (Å²) in [5, 5.41) is 0. The lowest BCUT2D eigenvalue weighted by molar-refractivity contribution is -0.293. The molecule has 0 saturated carbocycles. The Balaban J connectivity index is 3.25. The molecule has 0 atom stereocenters. The molecule has 22 heavy (non-hydrogen) atoms. The average Bonchev–Trinajstić information content (AvgIpc) is 2.33. The monoisotopic (exact) mass is 312 g/mol. The normalized spacial score (nSPS) is 20.7. The van der Waals surface area contributed by atoms with E-state index in [4.69, 9.17) is 9.47 Å². The third-order valence-electron chi connectivity index (χ3n) is 4.41. The molecule has 0 amide bonds. The maximum atomic E-state index is 12.9. The van der Waals surface area contributed by atoms with Crippen LogP contribution in [0.5, 0.6) is 0 Å². The summed E-state index contributed by atoms with van der Waals surface area (Å²) in [5.74, 6) is -1.71. The maximum absolute atomic E-state index is 12.9. The number of carbonyl (C=O) groups is 2. The van der Waals surface area contributed by atoms with E-state index in [1.165, 1.54) is 0 Å². The molecule has 1 rings (SSSR count). The van der Waals surface area contributed by atoms with Gasteiger partial charge in [-0.2, -0.15) is 0 Å². The van der Waals surface area contributed by atoms with Crippen molar-refractivity contribution in [2.24, 2.45) is 29.1 Å². The predicted octanol–water partition coefficient (Wildman–Crippen LogP) is 4.17. The topological polar surface area (TPSA) is 52.6 Å². The molecular formula is C18H32O4. The molecule has 0 bridgehead atoms. The zero-order valence-electron chi connectivity index (χ0n) is 15.4. The van der Waals surface area contributed by atoms with E-state index >= 15 is 0 Å². The van der Waals surface area contributed by atoms with Crippen molar-refractivity contribution < 1.29 is 19.1 Å². The summed E-state index contributed by atoms with van der Waals surface area (Å²) in [7, 11) is 0. The third kappa shape index (κ3) is 3.31. The summed E-state index contributed by atoms with van der Waals surface area (Å²) in [6.45, 7) is 15.7. The number of rotatable bonds is 6. The van der Waals surface area contributed by atoms with Gasteiger partial charge in [-0.3, -0.25) is 9.59 Å². The largest absolute Gasteiger partial charge is 0.421 e. The number of hydrogen-bond donors (Lipinski definition) is 0. The Kier molecular flexibility index (Phi) is 5.69. The minimum Gasteiger partial charge on any atom is -0.421 e. The van der Waals surface area contributed by atoms with Gasteiger partial charge >= 0.3 is 11.9 Å². The van der Waals surface area contributed by atoms with E-state index in [2.05, 4.69) is 0 Å². The molecular weight excluding hydrogens is 280 g/mol. The van der Waals surface area contributed by atoms with Crippen LogP contribution < -0.4 is 0 Å². The molecule has 1 saturated heterocycles. The smallest absolute Gasteiger partial charge is 0.326 e. The van der Waals surface area contributed by atoms with Gasteiger partial charge in [0.1, 0.15) is 0 Å². The van der Waals surface area contributed by atoms with Crippen molar-refractivity contribution in [3.63, 3.8) is 0 Å². The van der Waals surface area contributed by atoms with Crippen LogP contribution >= 0.6 is 0 Å². The van der Waals surface area contributed by atoms with Crippen LogP contribution in [0.1, 0.15) is 68.2 Å². The van der Waals surface area contributed by atoms with Crippen LogP contribution in [-0.2, 0) is 19.1 Å². The Morgan fingerprint density at radius 2 is 1.05 bits per heavy atom. The average molecular weight is 312 g/mol. The van der Waals surface area contributed by atoms with E-state index < -0.39 is 23.1 Å². The predicted molar refractivity (Wildman–Crippen MR) is 85.9 cm³/mol. The quantitative estimate of drug-likeness (QED) is 0.545. The minimum atomic E-state index is -1.16. The summed E-state index contributed by atoms with van der Waals surface area (Å²) in [5.41, 5.74) is -1.16. The van der Waals surface area contributed by atoms with E-state index in [9.17, 15) is 9.59 Å². The van der Waals surface area contributed by atoms with Crippen molar-refractivity contribution in [2.45, 2.75) is 74.0 Å². The van der Waals surface area contributed by atoms with Crippen molar-refractivity contribution in [1.29, 1.82) is 0 Å². The van der Waals surface area contributed by atoms with Crippen LogP contribution in [0.15, 0.2) is 0 Å². The lowest BCUT2D eigenvalue weighted by Crippen LogP contribution is -2.61. The number of ether oxygens (including phenoxy) is 2. The molecule has 1 aliphatic heterocycles. The minimum absolute atomic E-state index is 0.0866. The standard InChI is InChI=1S/C18H32O4/c1-11(2)9-17(10-12(3)4)15(19)21-18(13(5)6,14(7)8)22-16(17)20/h11-14H,9-10H2,1-8H3. The number of carbonyl (C=O) groups excluding carboxylic acids is 2.